The van der Waals surface area contributed by atoms with Crippen molar-refractivity contribution in [1.29, 1.82) is 0 Å². The molecule has 144 valence electrons. The average molecular weight is 362 g/mol. The van der Waals surface area contributed by atoms with Crippen LogP contribution < -0.4 is 17.1 Å². The van der Waals surface area contributed by atoms with Gasteiger partial charge in [0.15, 0.2) is 0 Å². The zero-order valence-corrected chi connectivity index (χ0v) is 15.3. The number of nitrogens with one attached hydrogen (secondary N) is 1. The Morgan fingerprint density at radius 2 is 1.31 bits per heavy atom. The lowest BCUT2D eigenvalue weighted by atomic mass is 10.1. The van der Waals surface area contributed by atoms with Crippen LogP contribution >= 0.6 is 0 Å². The van der Waals surface area contributed by atoms with E-state index in [2.05, 4.69) is 5.43 Å². The Balaban J connectivity index is 2.04. The Bertz CT molecular complexity index is 563. The largest absolute Gasteiger partial charge is 0.294 e. The number of rotatable bonds is 12. The second-order valence-corrected chi connectivity index (χ2v) is 6.33. The Morgan fingerprint density at radius 1 is 0.808 bits per heavy atom. The van der Waals surface area contributed by atoms with Crippen molar-refractivity contribution in [1.82, 2.24) is 10.4 Å². The maximum atomic E-state index is 12.1. The van der Waals surface area contributed by atoms with E-state index in [0.29, 0.717) is 17.0 Å². The molecular formula is C19H30N4O3. The standard InChI is InChI=1S/C19H30N4O3/c20-22-17(24)14-10-5-3-1-2-4-6-11-15-18(25)23(21)19(26)16-12-8-7-9-13-16/h7-9,12-13H,1-6,10-11,14-15,20-21H2,(H,22,24). The second kappa shape index (κ2) is 13.0. The predicted molar refractivity (Wildman–Crippen MR) is 100 cm³/mol. The van der Waals surface area contributed by atoms with E-state index in [9.17, 15) is 14.4 Å². The normalized spacial score (nSPS) is 10.4. The first-order valence-corrected chi connectivity index (χ1v) is 9.22. The highest BCUT2D eigenvalue weighted by atomic mass is 16.2. The monoisotopic (exact) mass is 362 g/mol. The smallest absolute Gasteiger partial charge is 0.274 e. The van der Waals surface area contributed by atoms with Gasteiger partial charge in [-0.3, -0.25) is 19.8 Å². The lowest BCUT2D eigenvalue weighted by Crippen LogP contribution is -2.42. The fraction of sp³-hybridized carbons (Fsp3) is 0.526. The summed E-state index contributed by atoms with van der Waals surface area (Å²) in [5.74, 6) is 9.71. The SMILES string of the molecule is NNC(=O)CCCCCCCCCCC(=O)N(N)C(=O)c1ccccc1. The first-order chi connectivity index (χ1) is 12.6. The molecule has 0 spiro atoms. The molecule has 7 nitrogen and oxygen atoms in total. The Morgan fingerprint density at radius 3 is 1.85 bits per heavy atom. The minimum absolute atomic E-state index is 0.116. The number of unbranched alkanes of at least 4 members (excludes halogenated alkanes) is 7. The molecule has 5 N–H and O–H groups in total. The van der Waals surface area contributed by atoms with Gasteiger partial charge in [0.25, 0.3) is 5.91 Å². The predicted octanol–water partition coefficient (Wildman–Crippen LogP) is 2.42. The summed E-state index contributed by atoms with van der Waals surface area (Å²) >= 11 is 0. The van der Waals surface area contributed by atoms with Gasteiger partial charge in [-0.05, 0) is 25.0 Å². The highest BCUT2D eigenvalue weighted by Crippen LogP contribution is 2.11. The summed E-state index contributed by atoms with van der Waals surface area (Å²) in [6.45, 7) is 0. The molecule has 0 saturated carbocycles. The van der Waals surface area contributed by atoms with Crippen molar-refractivity contribution in [2.75, 3.05) is 0 Å². The number of carbonyl (C=O) groups is 3. The molecule has 0 radical (unpaired) electrons. The number of nitrogens with zero attached hydrogens (tertiary/aromatic N) is 1. The summed E-state index contributed by atoms with van der Waals surface area (Å²) in [6.07, 6.45) is 8.68. The summed E-state index contributed by atoms with van der Waals surface area (Å²) < 4.78 is 0. The fourth-order valence-electron chi connectivity index (χ4n) is 2.65. The zero-order valence-electron chi connectivity index (χ0n) is 15.3. The number of imide groups is 1. The average Bonchev–Trinajstić information content (AvgIpc) is 2.68. The third kappa shape index (κ3) is 8.73. The Kier molecular flexibility index (Phi) is 10.9. The first-order valence-electron chi connectivity index (χ1n) is 9.22. The summed E-state index contributed by atoms with van der Waals surface area (Å²) in [4.78, 5) is 35.0. The van der Waals surface area contributed by atoms with Crippen LogP contribution in [0, 0.1) is 0 Å². The van der Waals surface area contributed by atoms with Gasteiger partial charge in [0.2, 0.25) is 11.8 Å². The molecule has 0 aliphatic heterocycles. The van der Waals surface area contributed by atoms with E-state index in [-0.39, 0.29) is 18.2 Å². The fourth-order valence-corrected chi connectivity index (χ4v) is 2.65. The van der Waals surface area contributed by atoms with Crippen molar-refractivity contribution in [2.24, 2.45) is 11.7 Å². The molecule has 0 unspecified atom stereocenters. The first kappa shape index (κ1) is 21.8. The van der Waals surface area contributed by atoms with Crippen molar-refractivity contribution in [3.05, 3.63) is 35.9 Å². The van der Waals surface area contributed by atoms with Crippen LogP contribution in [0.2, 0.25) is 0 Å². The van der Waals surface area contributed by atoms with E-state index in [1.165, 1.54) is 0 Å². The summed E-state index contributed by atoms with van der Waals surface area (Å²) in [7, 11) is 0. The molecule has 0 aromatic heterocycles. The number of nitrogens with two attached hydrogens (primary N) is 2. The van der Waals surface area contributed by atoms with Crippen LogP contribution in [0.1, 0.15) is 74.6 Å². The minimum Gasteiger partial charge on any atom is -0.294 e. The number of carbonyl (C=O) groups excluding carboxylic acids is 3. The molecule has 0 aliphatic carbocycles. The maximum absolute atomic E-state index is 12.1. The summed E-state index contributed by atoms with van der Waals surface area (Å²) in [6, 6.07) is 8.54. The highest BCUT2D eigenvalue weighted by molar-refractivity contribution is 6.03. The van der Waals surface area contributed by atoms with Crippen molar-refractivity contribution >= 4 is 17.7 Å². The van der Waals surface area contributed by atoms with Gasteiger partial charge in [-0.25, -0.2) is 16.7 Å². The van der Waals surface area contributed by atoms with Gasteiger partial charge in [0.05, 0.1) is 0 Å². The van der Waals surface area contributed by atoms with E-state index < -0.39 is 5.91 Å². The number of hydrazine groups is 2. The van der Waals surface area contributed by atoms with Crippen LogP contribution in [0.25, 0.3) is 0 Å². The van der Waals surface area contributed by atoms with Gasteiger partial charge in [-0.1, -0.05) is 56.7 Å². The summed E-state index contributed by atoms with van der Waals surface area (Å²) in [5, 5.41) is 0.715. The lowest BCUT2D eigenvalue weighted by molar-refractivity contribution is -0.129. The minimum atomic E-state index is -0.473. The maximum Gasteiger partial charge on any atom is 0.274 e. The number of hydrogen-bond acceptors (Lipinski definition) is 5. The van der Waals surface area contributed by atoms with Gasteiger partial charge >= 0.3 is 0 Å². The summed E-state index contributed by atoms with van der Waals surface area (Å²) in [5.41, 5.74) is 2.53. The van der Waals surface area contributed by atoms with E-state index in [4.69, 9.17) is 11.7 Å². The number of hydrogen-bond donors (Lipinski definition) is 3. The molecule has 0 fully saturated rings. The van der Waals surface area contributed by atoms with Gasteiger partial charge in [0.1, 0.15) is 0 Å². The molecule has 0 atom stereocenters. The third-order valence-electron chi connectivity index (χ3n) is 4.21. The molecular weight excluding hydrogens is 332 g/mol. The van der Waals surface area contributed by atoms with E-state index in [1.807, 2.05) is 0 Å². The molecule has 3 amide bonds. The van der Waals surface area contributed by atoms with Crippen molar-refractivity contribution in [2.45, 2.75) is 64.2 Å². The molecule has 7 heteroatoms. The topological polar surface area (TPSA) is 119 Å². The van der Waals surface area contributed by atoms with E-state index in [1.54, 1.807) is 30.3 Å². The number of benzene rings is 1. The van der Waals surface area contributed by atoms with Gasteiger partial charge in [0, 0.05) is 18.4 Å². The van der Waals surface area contributed by atoms with Crippen LogP contribution in [-0.4, -0.2) is 22.7 Å². The molecule has 1 aromatic carbocycles. The second-order valence-electron chi connectivity index (χ2n) is 6.33. The van der Waals surface area contributed by atoms with Gasteiger partial charge in [-0.2, -0.15) is 0 Å². The number of amides is 3. The van der Waals surface area contributed by atoms with E-state index >= 15 is 0 Å². The molecule has 0 saturated heterocycles. The molecule has 0 aliphatic rings. The van der Waals surface area contributed by atoms with Crippen LogP contribution in [0.15, 0.2) is 30.3 Å². The van der Waals surface area contributed by atoms with Crippen LogP contribution in [0.3, 0.4) is 0 Å². The molecule has 1 rings (SSSR count). The molecule has 26 heavy (non-hydrogen) atoms. The zero-order chi connectivity index (χ0) is 19.2. The quantitative estimate of drug-likeness (QED) is 0.228. The lowest BCUT2D eigenvalue weighted by Gasteiger charge is -2.14. The van der Waals surface area contributed by atoms with Crippen LogP contribution in [0.5, 0.6) is 0 Å². The highest BCUT2D eigenvalue weighted by Gasteiger charge is 2.18. The van der Waals surface area contributed by atoms with E-state index in [0.717, 1.165) is 51.4 Å². The van der Waals surface area contributed by atoms with Crippen LogP contribution in [-0.2, 0) is 9.59 Å². The van der Waals surface area contributed by atoms with Crippen molar-refractivity contribution in [3.63, 3.8) is 0 Å². The van der Waals surface area contributed by atoms with Crippen LogP contribution in [0.4, 0.5) is 0 Å². The molecule has 1 aromatic rings. The molecule has 0 bridgehead atoms. The van der Waals surface area contributed by atoms with Crippen molar-refractivity contribution in [3.8, 4) is 0 Å². The molecule has 0 heterocycles. The van der Waals surface area contributed by atoms with Gasteiger partial charge < -0.3 is 0 Å². The van der Waals surface area contributed by atoms with Crippen molar-refractivity contribution < 1.29 is 14.4 Å². The third-order valence-corrected chi connectivity index (χ3v) is 4.21. The Hall–Kier alpha value is -2.25. The Labute approximate surface area is 155 Å². The van der Waals surface area contributed by atoms with Gasteiger partial charge in [-0.15, -0.1) is 0 Å².